The Morgan fingerprint density at radius 1 is 1.17 bits per heavy atom. The summed E-state index contributed by atoms with van der Waals surface area (Å²) in [5.74, 6) is -0.0722. The summed E-state index contributed by atoms with van der Waals surface area (Å²) in [6, 6.07) is 11.6. The molecule has 0 bridgehead atoms. The number of carbonyl (C=O) groups excluding carboxylic acids is 1. The van der Waals surface area contributed by atoms with Gasteiger partial charge in [-0.2, -0.15) is 0 Å². The predicted molar refractivity (Wildman–Crippen MR) is 97.4 cm³/mol. The van der Waals surface area contributed by atoms with Gasteiger partial charge >= 0.3 is 5.69 Å². The van der Waals surface area contributed by atoms with E-state index in [-0.39, 0.29) is 24.2 Å². The number of likely N-dealkylation sites (N-methyl/N-ethyl adjacent to an activating group) is 1. The van der Waals surface area contributed by atoms with Gasteiger partial charge < -0.3 is 4.90 Å². The standard InChI is InChI=1S/C18H21N3O2S/c1-4-20-14-8-5-6-9-15(14)21(18(20)23)12-17(22)19(3)13(2)16-10-7-11-24-16/h5-11,13H,4,12H2,1-3H3. The van der Waals surface area contributed by atoms with Crippen LogP contribution in [0.4, 0.5) is 0 Å². The summed E-state index contributed by atoms with van der Waals surface area (Å²) in [4.78, 5) is 28.2. The normalized spacial score (nSPS) is 12.5. The van der Waals surface area contributed by atoms with E-state index in [1.54, 1.807) is 32.4 Å². The average Bonchev–Trinajstić information content (AvgIpc) is 3.21. The number of amides is 1. The lowest BCUT2D eigenvalue weighted by Crippen LogP contribution is -2.35. The second-order valence-electron chi connectivity index (χ2n) is 5.80. The monoisotopic (exact) mass is 343 g/mol. The highest BCUT2D eigenvalue weighted by Crippen LogP contribution is 2.23. The smallest absolute Gasteiger partial charge is 0.329 e. The number of hydrogen-bond donors (Lipinski definition) is 0. The summed E-state index contributed by atoms with van der Waals surface area (Å²) in [5, 5.41) is 2.00. The Morgan fingerprint density at radius 3 is 2.42 bits per heavy atom. The fourth-order valence-corrected chi connectivity index (χ4v) is 3.74. The van der Waals surface area contributed by atoms with Gasteiger partial charge in [0.05, 0.1) is 17.1 Å². The number of benzene rings is 1. The van der Waals surface area contributed by atoms with Gasteiger partial charge in [-0.15, -0.1) is 11.3 Å². The quantitative estimate of drug-likeness (QED) is 0.715. The van der Waals surface area contributed by atoms with Crippen LogP contribution in [0.3, 0.4) is 0 Å². The average molecular weight is 343 g/mol. The highest BCUT2D eigenvalue weighted by atomic mass is 32.1. The topological polar surface area (TPSA) is 47.2 Å². The van der Waals surface area contributed by atoms with E-state index in [4.69, 9.17) is 0 Å². The van der Waals surface area contributed by atoms with Crippen LogP contribution in [0.1, 0.15) is 24.8 Å². The van der Waals surface area contributed by atoms with E-state index in [9.17, 15) is 9.59 Å². The number of nitrogens with zero attached hydrogens (tertiary/aromatic N) is 3. The summed E-state index contributed by atoms with van der Waals surface area (Å²) >= 11 is 1.63. The van der Waals surface area contributed by atoms with Gasteiger partial charge in [0.25, 0.3) is 0 Å². The van der Waals surface area contributed by atoms with Crippen molar-refractivity contribution in [3.8, 4) is 0 Å². The Morgan fingerprint density at radius 2 is 1.83 bits per heavy atom. The van der Waals surface area contributed by atoms with Crippen LogP contribution in [0.25, 0.3) is 11.0 Å². The molecule has 3 aromatic rings. The van der Waals surface area contributed by atoms with Crippen molar-refractivity contribution in [2.75, 3.05) is 7.05 Å². The van der Waals surface area contributed by atoms with Gasteiger partial charge in [0.2, 0.25) is 5.91 Å². The van der Waals surface area contributed by atoms with Gasteiger partial charge in [-0.3, -0.25) is 13.9 Å². The molecule has 0 aliphatic heterocycles. The zero-order chi connectivity index (χ0) is 17.3. The molecule has 2 aromatic heterocycles. The second-order valence-corrected chi connectivity index (χ2v) is 6.78. The first-order chi connectivity index (χ1) is 11.5. The van der Waals surface area contributed by atoms with Crippen LogP contribution >= 0.6 is 11.3 Å². The molecule has 0 aliphatic carbocycles. The summed E-state index contributed by atoms with van der Waals surface area (Å²) in [5.41, 5.74) is 1.53. The molecular formula is C18H21N3O2S. The van der Waals surface area contributed by atoms with Crippen LogP contribution in [0.5, 0.6) is 0 Å². The van der Waals surface area contributed by atoms with E-state index < -0.39 is 0 Å². The molecule has 24 heavy (non-hydrogen) atoms. The maximum atomic E-state index is 12.7. The lowest BCUT2D eigenvalue weighted by atomic mass is 10.2. The van der Waals surface area contributed by atoms with Crippen molar-refractivity contribution < 1.29 is 4.79 Å². The van der Waals surface area contributed by atoms with Crippen LogP contribution < -0.4 is 5.69 Å². The van der Waals surface area contributed by atoms with Gasteiger partial charge in [0, 0.05) is 18.5 Å². The Hall–Kier alpha value is -2.34. The molecule has 126 valence electrons. The third kappa shape index (κ3) is 2.78. The Bertz CT molecular complexity index is 908. The van der Waals surface area contributed by atoms with Gasteiger partial charge in [-0.1, -0.05) is 18.2 Å². The summed E-state index contributed by atoms with van der Waals surface area (Å²) in [6.45, 7) is 4.58. The van der Waals surface area contributed by atoms with Crippen molar-refractivity contribution in [1.82, 2.24) is 14.0 Å². The molecule has 0 radical (unpaired) electrons. The third-order valence-electron chi connectivity index (χ3n) is 4.46. The summed E-state index contributed by atoms with van der Waals surface area (Å²) < 4.78 is 3.27. The van der Waals surface area contributed by atoms with Crippen LogP contribution in [0.15, 0.2) is 46.6 Å². The third-order valence-corrected chi connectivity index (χ3v) is 5.51. The zero-order valence-electron chi connectivity index (χ0n) is 14.1. The number of aromatic nitrogens is 2. The first-order valence-electron chi connectivity index (χ1n) is 8.01. The predicted octanol–water partition coefficient (Wildman–Crippen LogP) is 3.10. The molecule has 1 amide bonds. The minimum Gasteiger partial charge on any atom is -0.337 e. The van der Waals surface area contributed by atoms with Gasteiger partial charge in [-0.05, 0) is 37.4 Å². The van der Waals surface area contributed by atoms with Crippen molar-refractivity contribution in [2.24, 2.45) is 0 Å². The molecule has 1 aromatic carbocycles. The molecule has 2 heterocycles. The molecule has 0 aliphatic rings. The number of hydrogen-bond acceptors (Lipinski definition) is 3. The maximum Gasteiger partial charge on any atom is 0.329 e. The number of aryl methyl sites for hydroxylation is 1. The van der Waals surface area contributed by atoms with Gasteiger partial charge in [0.15, 0.2) is 0 Å². The van der Waals surface area contributed by atoms with Crippen molar-refractivity contribution >= 4 is 28.3 Å². The van der Waals surface area contributed by atoms with Crippen LogP contribution in [-0.4, -0.2) is 27.0 Å². The van der Waals surface area contributed by atoms with Gasteiger partial charge in [0.1, 0.15) is 6.54 Å². The first-order valence-corrected chi connectivity index (χ1v) is 8.89. The Kier molecular flexibility index (Phi) is 4.57. The van der Waals surface area contributed by atoms with Crippen molar-refractivity contribution in [1.29, 1.82) is 0 Å². The fourth-order valence-electron chi connectivity index (χ4n) is 2.91. The van der Waals surface area contributed by atoms with E-state index in [1.807, 2.05) is 55.6 Å². The largest absolute Gasteiger partial charge is 0.337 e. The number of imidazole rings is 1. The fraction of sp³-hybridized carbons (Fsp3) is 0.333. The maximum absolute atomic E-state index is 12.7. The molecule has 0 saturated heterocycles. The lowest BCUT2D eigenvalue weighted by Gasteiger charge is -2.24. The summed E-state index contributed by atoms with van der Waals surface area (Å²) in [6.07, 6.45) is 0. The molecule has 5 nitrogen and oxygen atoms in total. The molecular weight excluding hydrogens is 322 g/mol. The lowest BCUT2D eigenvalue weighted by molar-refractivity contribution is -0.132. The molecule has 3 rings (SSSR count). The van der Waals surface area contributed by atoms with Crippen molar-refractivity contribution in [3.63, 3.8) is 0 Å². The highest BCUT2D eigenvalue weighted by molar-refractivity contribution is 7.10. The van der Waals surface area contributed by atoms with E-state index in [2.05, 4.69) is 0 Å². The number of thiophene rings is 1. The molecule has 0 saturated carbocycles. The first kappa shape index (κ1) is 16.5. The highest BCUT2D eigenvalue weighted by Gasteiger charge is 2.21. The van der Waals surface area contributed by atoms with E-state index >= 15 is 0 Å². The molecule has 6 heteroatoms. The van der Waals surface area contributed by atoms with Crippen molar-refractivity contribution in [3.05, 3.63) is 57.1 Å². The minimum atomic E-state index is -0.135. The molecule has 1 atom stereocenters. The molecule has 0 fully saturated rings. The Balaban J connectivity index is 1.91. The number of para-hydroxylation sites is 2. The molecule has 0 N–H and O–H groups in total. The van der Waals surface area contributed by atoms with E-state index in [0.29, 0.717) is 6.54 Å². The van der Waals surface area contributed by atoms with Crippen molar-refractivity contribution in [2.45, 2.75) is 33.0 Å². The van der Waals surface area contributed by atoms with Crippen LogP contribution in [0.2, 0.25) is 0 Å². The minimum absolute atomic E-state index is 0.00673. The van der Waals surface area contributed by atoms with E-state index in [1.165, 1.54) is 0 Å². The van der Waals surface area contributed by atoms with Crippen LogP contribution in [-0.2, 0) is 17.9 Å². The number of fused-ring (bicyclic) bond motifs is 1. The zero-order valence-corrected chi connectivity index (χ0v) is 14.9. The number of rotatable bonds is 5. The second kappa shape index (κ2) is 6.65. The van der Waals surface area contributed by atoms with Crippen LogP contribution in [0, 0.1) is 0 Å². The summed E-state index contributed by atoms with van der Waals surface area (Å²) in [7, 11) is 1.79. The van der Waals surface area contributed by atoms with E-state index in [0.717, 1.165) is 15.9 Å². The van der Waals surface area contributed by atoms with Gasteiger partial charge in [-0.25, -0.2) is 4.79 Å². The molecule has 0 spiro atoms. The Labute approximate surface area is 144 Å². The number of carbonyl (C=O) groups is 1. The SMILES string of the molecule is CCn1c(=O)n(CC(=O)N(C)C(C)c2cccs2)c2ccccc21. The molecule has 1 unspecified atom stereocenters.